The number of benzene rings is 1. The van der Waals surface area contributed by atoms with E-state index in [0.29, 0.717) is 22.8 Å². The number of hydrogen-bond acceptors (Lipinski definition) is 5. The lowest BCUT2D eigenvalue weighted by Crippen LogP contribution is -2.30. The second kappa shape index (κ2) is 7.63. The van der Waals surface area contributed by atoms with E-state index in [1.54, 1.807) is 48.7 Å². The molecule has 0 N–H and O–H groups in total. The van der Waals surface area contributed by atoms with Crippen molar-refractivity contribution in [1.29, 1.82) is 0 Å². The smallest absolute Gasteiger partial charge is 0.338 e. The highest BCUT2D eigenvalue weighted by molar-refractivity contribution is 7.07. The summed E-state index contributed by atoms with van der Waals surface area (Å²) in [6.07, 6.45) is 0. The quantitative estimate of drug-likeness (QED) is 0.504. The summed E-state index contributed by atoms with van der Waals surface area (Å²) in [6, 6.07) is 10.4. The number of fused-ring (bicyclic) bond motifs is 1. The summed E-state index contributed by atoms with van der Waals surface area (Å²) < 4.78 is 5.13. The topological polar surface area (TPSA) is 59.5 Å². The summed E-state index contributed by atoms with van der Waals surface area (Å²) in [5, 5.41) is 5.10. The van der Waals surface area contributed by atoms with E-state index in [1.165, 1.54) is 4.90 Å². The van der Waals surface area contributed by atoms with Crippen molar-refractivity contribution in [3.05, 3.63) is 63.4 Å². The van der Waals surface area contributed by atoms with Gasteiger partial charge in [-0.3, -0.25) is 4.79 Å². The van der Waals surface area contributed by atoms with Gasteiger partial charge in [0.1, 0.15) is 5.15 Å². The number of amides is 1. The Labute approximate surface area is 153 Å². The molecule has 0 bridgehead atoms. The zero-order chi connectivity index (χ0) is 17.8. The third-order valence-corrected chi connectivity index (χ3v) is 4.59. The van der Waals surface area contributed by atoms with Gasteiger partial charge in [0.25, 0.3) is 5.91 Å². The van der Waals surface area contributed by atoms with Gasteiger partial charge in [-0.25, -0.2) is 9.78 Å². The van der Waals surface area contributed by atoms with Gasteiger partial charge in [0.05, 0.1) is 11.1 Å². The molecule has 0 radical (unpaired) electrons. The number of pyridine rings is 1. The van der Waals surface area contributed by atoms with E-state index in [2.05, 4.69) is 4.98 Å². The lowest BCUT2D eigenvalue weighted by molar-refractivity contribution is -0.133. The van der Waals surface area contributed by atoms with E-state index in [4.69, 9.17) is 16.3 Å². The van der Waals surface area contributed by atoms with Crippen LogP contribution in [0.2, 0.25) is 5.15 Å². The average Bonchev–Trinajstić information content (AvgIpc) is 3.11. The highest BCUT2D eigenvalue weighted by Crippen LogP contribution is 2.17. The molecule has 2 aromatic heterocycles. The van der Waals surface area contributed by atoms with Crippen LogP contribution in [-0.2, 0) is 16.1 Å². The lowest BCUT2D eigenvalue weighted by atomic mass is 10.1. The third kappa shape index (κ3) is 4.35. The van der Waals surface area contributed by atoms with Gasteiger partial charge >= 0.3 is 5.97 Å². The molecular formula is C18H15ClN2O3S. The van der Waals surface area contributed by atoms with Crippen LogP contribution in [0.5, 0.6) is 0 Å². The Balaban J connectivity index is 1.60. The molecule has 128 valence electrons. The fourth-order valence-corrected chi connectivity index (χ4v) is 3.11. The van der Waals surface area contributed by atoms with E-state index in [1.807, 2.05) is 16.8 Å². The Kier molecular flexibility index (Phi) is 5.31. The van der Waals surface area contributed by atoms with Gasteiger partial charge in [-0.2, -0.15) is 11.3 Å². The molecule has 0 aliphatic carbocycles. The first kappa shape index (κ1) is 17.4. The van der Waals surface area contributed by atoms with E-state index in [9.17, 15) is 9.59 Å². The molecule has 1 amide bonds. The Morgan fingerprint density at radius 3 is 2.84 bits per heavy atom. The minimum atomic E-state index is -0.547. The number of thiophene rings is 1. The van der Waals surface area contributed by atoms with E-state index in [0.717, 1.165) is 10.9 Å². The number of ether oxygens (including phenoxy) is 1. The molecule has 0 aliphatic heterocycles. The van der Waals surface area contributed by atoms with Crippen LogP contribution in [-0.4, -0.2) is 35.4 Å². The fraction of sp³-hybridized carbons (Fsp3) is 0.167. The fourth-order valence-electron chi connectivity index (χ4n) is 2.29. The van der Waals surface area contributed by atoms with Crippen molar-refractivity contribution in [1.82, 2.24) is 9.88 Å². The number of rotatable bonds is 5. The van der Waals surface area contributed by atoms with Crippen molar-refractivity contribution in [2.45, 2.75) is 6.54 Å². The van der Waals surface area contributed by atoms with Gasteiger partial charge in [0, 0.05) is 19.0 Å². The molecule has 0 fully saturated rings. The van der Waals surface area contributed by atoms with Crippen molar-refractivity contribution in [2.75, 3.05) is 13.7 Å². The van der Waals surface area contributed by atoms with Crippen molar-refractivity contribution in [2.24, 2.45) is 0 Å². The molecule has 0 spiro atoms. The van der Waals surface area contributed by atoms with Gasteiger partial charge in [0.2, 0.25) is 0 Å². The zero-order valence-corrected chi connectivity index (χ0v) is 15.0. The molecule has 1 aromatic carbocycles. The summed E-state index contributed by atoms with van der Waals surface area (Å²) in [6.45, 7) is 0.193. The van der Waals surface area contributed by atoms with Crippen LogP contribution in [0.25, 0.3) is 10.9 Å². The Bertz CT molecular complexity index is 912. The predicted molar refractivity (Wildman–Crippen MR) is 97.8 cm³/mol. The standard InChI is InChI=1S/C18H15ClN2O3S/c1-21(9-12-6-7-25-11-12)17(22)10-24-18(23)14-2-4-15-13(8-14)3-5-16(19)20-15/h2-8,11H,9-10H2,1H3. The molecule has 5 nitrogen and oxygen atoms in total. The van der Waals surface area contributed by atoms with Crippen molar-refractivity contribution < 1.29 is 14.3 Å². The predicted octanol–water partition coefficient (Wildman–Crippen LogP) is 3.77. The monoisotopic (exact) mass is 374 g/mol. The number of hydrogen-bond donors (Lipinski definition) is 0. The van der Waals surface area contributed by atoms with E-state index >= 15 is 0 Å². The maximum absolute atomic E-state index is 12.2. The molecule has 25 heavy (non-hydrogen) atoms. The number of aromatic nitrogens is 1. The number of esters is 1. The first-order valence-electron chi connectivity index (χ1n) is 7.51. The summed E-state index contributed by atoms with van der Waals surface area (Å²) in [5.74, 6) is -0.803. The molecule has 0 saturated heterocycles. The summed E-state index contributed by atoms with van der Waals surface area (Å²) in [4.78, 5) is 29.9. The molecule has 3 rings (SSSR count). The van der Waals surface area contributed by atoms with E-state index in [-0.39, 0.29) is 12.5 Å². The lowest BCUT2D eigenvalue weighted by Gasteiger charge is -2.16. The molecule has 2 heterocycles. The highest BCUT2D eigenvalue weighted by atomic mass is 35.5. The highest BCUT2D eigenvalue weighted by Gasteiger charge is 2.14. The summed E-state index contributed by atoms with van der Waals surface area (Å²) >= 11 is 7.42. The second-order valence-electron chi connectivity index (χ2n) is 5.50. The van der Waals surface area contributed by atoms with E-state index < -0.39 is 5.97 Å². The molecule has 0 aliphatic rings. The van der Waals surface area contributed by atoms with Crippen LogP contribution in [0.1, 0.15) is 15.9 Å². The van der Waals surface area contributed by atoms with Gasteiger partial charge in [0.15, 0.2) is 6.61 Å². The first-order valence-corrected chi connectivity index (χ1v) is 8.83. The number of halogens is 1. The Morgan fingerprint density at radius 1 is 1.24 bits per heavy atom. The van der Waals surface area contributed by atoms with Crippen LogP contribution >= 0.6 is 22.9 Å². The minimum Gasteiger partial charge on any atom is -0.452 e. The zero-order valence-electron chi connectivity index (χ0n) is 13.4. The van der Waals surface area contributed by atoms with Crippen molar-refractivity contribution in [3.63, 3.8) is 0 Å². The minimum absolute atomic E-state index is 0.256. The number of nitrogens with zero attached hydrogens (tertiary/aromatic N) is 2. The Morgan fingerprint density at radius 2 is 2.08 bits per heavy atom. The molecular weight excluding hydrogens is 360 g/mol. The maximum Gasteiger partial charge on any atom is 0.338 e. The maximum atomic E-state index is 12.2. The van der Waals surface area contributed by atoms with Crippen LogP contribution in [0.15, 0.2) is 47.2 Å². The van der Waals surface area contributed by atoms with Crippen LogP contribution < -0.4 is 0 Å². The largest absolute Gasteiger partial charge is 0.452 e. The van der Waals surface area contributed by atoms with Crippen LogP contribution in [0.4, 0.5) is 0 Å². The van der Waals surface area contributed by atoms with Gasteiger partial charge in [-0.15, -0.1) is 0 Å². The first-order chi connectivity index (χ1) is 12.0. The Hall–Kier alpha value is -2.44. The number of likely N-dealkylation sites (N-methyl/N-ethyl adjacent to an activating group) is 1. The normalized spacial score (nSPS) is 10.6. The summed E-state index contributed by atoms with van der Waals surface area (Å²) in [5.41, 5.74) is 2.10. The SMILES string of the molecule is CN(Cc1ccsc1)C(=O)COC(=O)c1ccc2nc(Cl)ccc2c1. The number of carbonyl (C=O) groups excluding carboxylic acids is 2. The molecule has 0 unspecified atom stereocenters. The van der Waals surface area contributed by atoms with Crippen LogP contribution in [0.3, 0.4) is 0 Å². The van der Waals surface area contributed by atoms with Gasteiger partial charge in [-0.05, 0) is 52.7 Å². The second-order valence-corrected chi connectivity index (χ2v) is 6.67. The molecule has 0 atom stereocenters. The molecule has 7 heteroatoms. The molecule has 3 aromatic rings. The van der Waals surface area contributed by atoms with Crippen LogP contribution in [0, 0.1) is 0 Å². The van der Waals surface area contributed by atoms with Gasteiger partial charge in [-0.1, -0.05) is 11.6 Å². The summed E-state index contributed by atoms with van der Waals surface area (Å²) in [7, 11) is 1.68. The average molecular weight is 375 g/mol. The van der Waals surface area contributed by atoms with Crippen molar-refractivity contribution in [3.8, 4) is 0 Å². The molecule has 0 saturated carbocycles. The third-order valence-electron chi connectivity index (χ3n) is 3.64. The van der Waals surface area contributed by atoms with Gasteiger partial charge < -0.3 is 9.64 Å². The van der Waals surface area contributed by atoms with Crippen molar-refractivity contribution >= 4 is 45.7 Å². The number of carbonyl (C=O) groups is 2.